The molecular weight excluding hydrogens is 833 g/mol. The molecule has 7 heterocycles. The monoisotopic (exact) mass is 884 g/mol. The first-order chi connectivity index (χ1) is 31.6. The topological polar surface area (TPSA) is 207 Å². The van der Waals surface area contributed by atoms with E-state index in [0.29, 0.717) is 80.5 Å². The van der Waals surface area contributed by atoms with E-state index in [1.54, 1.807) is 30.3 Å². The molecule has 10 rings (SSSR count). The lowest BCUT2D eigenvalue weighted by molar-refractivity contribution is -0.136. The Morgan fingerprint density at radius 3 is 2.25 bits per heavy atom. The highest BCUT2D eigenvalue weighted by atomic mass is 16.5. The number of carbonyl (C=O) groups excluding carboxylic acids is 5. The smallest absolute Gasteiger partial charge is 0.320 e. The van der Waals surface area contributed by atoms with E-state index in [2.05, 4.69) is 48.4 Å². The van der Waals surface area contributed by atoms with E-state index in [-0.39, 0.29) is 41.9 Å². The first kappa shape index (κ1) is 42.0. The number of benzene rings is 3. The Hall–Kier alpha value is -6.95. The van der Waals surface area contributed by atoms with Gasteiger partial charge >= 0.3 is 6.03 Å². The SMILES string of the molecule is Nc1nnc(-c2ccccc2O)cc1N1CC2CCC(C1)N2c1cccc(OCCN2CCN(C(=O)N3CCC(Oc4ccc5c(c4)C(=O)N(C4CCC(=O)NC4=O)C5=O)CC3)CC2)c1. The van der Waals surface area contributed by atoms with Crippen molar-refractivity contribution in [1.82, 2.24) is 35.1 Å². The van der Waals surface area contributed by atoms with Crippen molar-refractivity contribution in [3.63, 3.8) is 0 Å². The second-order valence-corrected chi connectivity index (χ2v) is 17.6. The minimum atomic E-state index is -1.03. The second-order valence-electron chi connectivity index (χ2n) is 17.6. The van der Waals surface area contributed by atoms with Crippen LogP contribution < -0.4 is 30.3 Å². The summed E-state index contributed by atoms with van der Waals surface area (Å²) in [5.41, 5.74) is 9.93. The van der Waals surface area contributed by atoms with Crippen molar-refractivity contribution in [1.29, 1.82) is 0 Å². The molecule has 6 aliphatic heterocycles. The summed E-state index contributed by atoms with van der Waals surface area (Å²) >= 11 is 0. The molecule has 3 aromatic carbocycles. The van der Waals surface area contributed by atoms with Crippen molar-refractivity contribution >= 4 is 46.9 Å². The number of carbonyl (C=O) groups is 5. The number of hydrogen-bond acceptors (Lipinski definition) is 14. The number of piperazine rings is 2. The number of anilines is 3. The summed E-state index contributed by atoms with van der Waals surface area (Å²) in [6, 6.07) is 21.7. The first-order valence-corrected chi connectivity index (χ1v) is 22.5. The molecule has 338 valence electrons. The molecule has 4 N–H and O–H groups in total. The van der Waals surface area contributed by atoms with Gasteiger partial charge in [-0.15, -0.1) is 10.2 Å². The zero-order chi connectivity index (χ0) is 44.8. The molecule has 0 saturated carbocycles. The zero-order valence-corrected chi connectivity index (χ0v) is 36.0. The van der Waals surface area contributed by atoms with Crippen molar-refractivity contribution in [2.45, 2.75) is 62.8 Å². The third-order valence-corrected chi connectivity index (χ3v) is 13.7. The highest BCUT2D eigenvalue weighted by molar-refractivity contribution is 6.23. The fourth-order valence-electron chi connectivity index (χ4n) is 10.3. The molecule has 0 aliphatic carbocycles. The number of imide groups is 2. The Morgan fingerprint density at radius 2 is 1.49 bits per heavy atom. The number of para-hydroxylation sites is 1. The number of aromatic hydroxyl groups is 1. The average molecular weight is 885 g/mol. The summed E-state index contributed by atoms with van der Waals surface area (Å²) in [5, 5.41) is 21.2. The number of nitrogens with one attached hydrogen (secondary N) is 1. The molecule has 5 fully saturated rings. The standard InChI is InChI=1S/C47H52N10O8/c48-43-40(26-38(50-51-43)36-6-1-2-7-41(36)58)55-27-30-8-9-31(28-55)56(30)29-4-3-5-33(24-29)64-23-22-52-18-20-54(21-19-52)47(63)53-16-14-32(15-17-53)65-34-10-11-35-37(25-34)46(62)57(45(35)61)39-12-13-42(59)49-44(39)60/h1-7,10-11,24-26,30-32,39,58H,8-9,12-23,27-28H2,(H2,48,51)(H,49,59,60). The third kappa shape index (κ3) is 8.33. The van der Waals surface area contributed by atoms with Gasteiger partial charge < -0.3 is 39.9 Å². The van der Waals surface area contributed by atoms with Gasteiger partial charge in [-0.1, -0.05) is 18.2 Å². The Labute approximate surface area is 375 Å². The molecule has 18 nitrogen and oxygen atoms in total. The number of hydrogen-bond donors (Lipinski definition) is 3. The van der Waals surface area contributed by atoms with Gasteiger partial charge in [-0.05, 0) is 67.8 Å². The quantitative estimate of drug-likeness (QED) is 0.196. The van der Waals surface area contributed by atoms with E-state index in [1.165, 1.54) is 0 Å². The summed E-state index contributed by atoms with van der Waals surface area (Å²) < 4.78 is 12.5. The van der Waals surface area contributed by atoms with Crippen molar-refractivity contribution < 1.29 is 38.6 Å². The fraction of sp³-hybridized carbons (Fsp3) is 0.426. The lowest BCUT2D eigenvalue weighted by Gasteiger charge is -2.43. The van der Waals surface area contributed by atoms with E-state index in [9.17, 15) is 29.1 Å². The van der Waals surface area contributed by atoms with E-state index >= 15 is 0 Å². The van der Waals surface area contributed by atoms with E-state index in [4.69, 9.17) is 15.2 Å². The zero-order valence-electron chi connectivity index (χ0n) is 36.0. The van der Waals surface area contributed by atoms with Gasteiger partial charge in [0.05, 0.1) is 22.5 Å². The van der Waals surface area contributed by atoms with Crippen LogP contribution in [0.15, 0.2) is 72.8 Å². The van der Waals surface area contributed by atoms with Crippen LogP contribution in [0.25, 0.3) is 11.3 Å². The number of rotatable bonds is 10. The Morgan fingerprint density at radius 1 is 0.754 bits per heavy atom. The highest BCUT2D eigenvalue weighted by Gasteiger charge is 2.45. The first-order valence-electron chi connectivity index (χ1n) is 22.5. The molecule has 1 aromatic heterocycles. The molecule has 0 spiro atoms. The van der Waals surface area contributed by atoms with Crippen LogP contribution in [0.2, 0.25) is 0 Å². The lowest BCUT2D eigenvalue weighted by Crippen LogP contribution is -2.55. The van der Waals surface area contributed by atoms with Gasteiger partial charge in [0.2, 0.25) is 11.8 Å². The van der Waals surface area contributed by atoms with Gasteiger partial charge in [-0.2, -0.15) is 0 Å². The van der Waals surface area contributed by atoms with E-state index in [0.717, 1.165) is 67.6 Å². The van der Waals surface area contributed by atoms with E-state index in [1.807, 2.05) is 34.1 Å². The Balaban J connectivity index is 0.661. The molecule has 5 saturated heterocycles. The van der Waals surface area contributed by atoms with Crippen molar-refractivity contribution in [2.24, 2.45) is 0 Å². The van der Waals surface area contributed by atoms with Crippen molar-refractivity contribution in [3.05, 3.63) is 83.9 Å². The number of nitrogen functional groups attached to an aromatic ring is 1. The Bertz CT molecular complexity index is 2510. The van der Waals surface area contributed by atoms with Gasteiger partial charge in [0.25, 0.3) is 11.8 Å². The summed E-state index contributed by atoms with van der Waals surface area (Å²) in [6.07, 6.45) is 3.36. The number of phenolic OH excluding ortho intramolecular Hbond substituents is 1. The van der Waals surface area contributed by atoms with Crippen LogP contribution >= 0.6 is 0 Å². The van der Waals surface area contributed by atoms with Crippen LogP contribution in [0, 0.1) is 0 Å². The van der Waals surface area contributed by atoms with Crippen LogP contribution in [0.5, 0.6) is 17.2 Å². The predicted octanol–water partition coefficient (Wildman–Crippen LogP) is 3.35. The highest BCUT2D eigenvalue weighted by Crippen LogP contribution is 2.40. The molecule has 6 amide bonds. The maximum atomic E-state index is 13.5. The van der Waals surface area contributed by atoms with Crippen LogP contribution in [0.3, 0.4) is 0 Å². The molecule has 6 aliphatic rings. The number of phenols is 1. The maximum absolute atomic E-state index is 13.5. The molecule has 3 unspecified atom stereocenters. The van der Waals surface area contributed by atoms with Crippen LogP contribution in [-0.2, 0) is 9.59 Å². The van der Waals surface area contributed by atoms with Gasteiger partial charge in [-0.3, -0.25) is 34.3 Å². The van der Waals surface area contributed by atoms with Crippen LogP contribution in [0.1, 0.15) is 59.2 Å². The number of fused-ring (bicyclic) bond motifs is 3. The normalized spacial score (nSPS) is 22.6. The summed E-state index contributed by atoms with van der Waals surface area (Å²) in [6.45, 7) is 6.73. The van der Waals surface area contributed by atoms with Crippen molar-refractivity contribution in [2.75, 3.05) is 81.0 Å². The number of ether oxygens (including phenoxy) is 2. The van der Waals surface area contributed by atoms with Gasteiger partial charge in [0, 0.05) is 108 Å². The summed E-state index contributed by atoms with van der Waals surface area (Å²) in [4.78, 5) is 75.8. The van der Waals surface area contributed by atoms with E-state index < -0.39 is 29.7 Å². The average Bonchev–Trinajstić information content (AvgIpc) is 3.72. The number of aromatic nitrogens is 2. The lowest BCUT2D eigenvalue weighted by atomic mass is 10.0. The predicted molar refractivity (Wildman–Crippen MR) is 239 cm³/mol. The largest absolute Gasteiger partial charge is 0.507 e. The third-order valence-electron chi connectivity index (χ3n) is 13.7. The van der Waals surface area contributed by atoms with Gasteiger partial charge in [0.15, 0.2) is 5.82 Å². The molecule has 0 radical (unpaired) electrons. The molecule has 4 aromatic rings. The molecule has 18 heteroatoms. The van der Waals surface area contributed by atoms with Gasteiger partial charge in [-0.25, -0.2) is 4.79 Å². The number of likely N-dealkylation sites (tertiary alicyclic amines) is 1. The van der Waals surface area contributed by atoms with Gasteiger partial charge in [0.1, 0.15) is 36.0 Å². The number of urea groups is 1. The molecular formula is C47H52N10O8. The number of nitrogens with two attached hydrogens (primary N) is 1. The maximum Gasteiger partial charge on any atom is 0.320 e. The van der Waals surface area contributed by atoms with Crippen LogP contribution in [-0.4, -0.2) is 154 Å². The molecule has 65 heavy (non-hydrogen) atoms. The Kier molecular flexibility index (Phi) is 11.3. The number of piperidine rings is 2. The minimum Gasteiger partial charge on any atom is -0.507 e. The fourth-order valence-corrected chi connectivity index (χ4v) is 10.3. The number of nitrogens with zero attached hydrogens (tertiary/aromatic N) is 8. The second kappa shape index (κ2) is 17.6. The number of amides is 6. The summed E-state index contributed by atoms with van der Waals surface area (Å²) in [5.74, 6) is -0.397. The van der Waals surface area contributed by atoms with Crippen LogP contribution in [0.4, 0.5) is 22.0 Å². The summed E-state index contributed by atoms with van der Waals surface area (Å²) in [7, 11) is 0. The molecule has 3 atom stereocenters. The van der Waals surface area contributed by atoms with Crippen molar-refractivity contribution in [3.8, 4) is 28.5 Å². The molecule has 2 bridgehead atoms. The minimum absolute atomic E-state index is 0.0271.